The Morgan fingerprint density at radius 1 is 0.857 bits per heavy atom. The minimum Gasteiger partial charge on any atom is -0.436 e. The number of oxazole rings is 1. The molecule has 1 N–H and O–H groups in total. The first-order valence-corrected chi connectivity index (χ1v) is 9.54. The van der Waals surface area contributed by atoms with E-state index < -0.39 is 0 Å². The van der Waals surface area contributed by atoms with Gasteiger partial charge in [-0.15, -0.1) is 0 Å². The zero-order valence-corrected chi connectivity index (χ0v) is 17.0. The molecule has 0 aliphatic heterocycles. The molecule has 1 amide bonds. The molecule has 0 saturated carbocycles. The number of fused-ring (bicyclic) bond motifs is 1. The van der Waals surface area contributed by atoms with Gasteiger partial charge in [0.05, 0.1) is 20.8 Å². The highest BCUT2D eigenvalue weighted by atomic mass is 35.5. The van der Waals surface area contributed by atoms with Crippen LogP contribution in [0, 0.1) is 0 Å². The van der Waals surface area contributed by atoms with Crippen molar-refractivity contribution >= 4 is 69.1 Å². The third-order valence-electron chi connectivity index (χ3n) is 3.99. The lowest BCUT2D eigenvalue weighted by molar-refractivity contribution is 0.102. The predicted octanol–water partition coefficient (Wildman–Crippen LogP) is 7.36. The van der Waals surface area contributed by atoms with Crippen molar-refractivity contribution < 1.29 is 9.21 Å². The topological polar surface area (TPSA) is 55.1 Å². The highest BCUT2D eigenvalue weighted by molar-refractivity contribution is 6.42. The summed E-state index contributed by atoms with van der Waals surface area (Å²) in [5, 5.41) is 4.36. The molecule has 0 radical (unpaired) electrons. The summed E-state index contributed by atoms with van der Waals surface area (Å²) in [5.74, 6) is 0.0148. The van der Waals surface area contributed by atoms with E-state index in [1.54, 1.807) is 48.5 Å². The fourth-order valence-electron chi connectivity index (χ4n) is 2.61. The van der Waals surface area contributed by atoms with Gasteiger partial charge in [0, 0.05) is 16.1 Å². The molecule has 1 heterocycles. The number of halogens is 4. The van der Waals surface area contributed by atoms with Gasteiger partial charge < -0.3 is 9.73 Å². The number of nitrogens with zero attached hydrogens (tertiary/aromatic N) is 1. The van der Waals surface area contributed by atoms with Crippen LogP contribution in [0.2, 0.25) is 20.1 Å². The quantitative estimate of drug-likeness (QED) is 0.354. The molecule has 0 unspecified atom stereocenters. The van der Waals surface area contributed by atoms with Crippen molar-refractivity contribution in [1.82, 2.24) is 4.98 Å². The van der Waals surface area contributed by atoms with Gasteiger partial charge in [-0.2, -0.15) is 0 Å². The van der Waals surface area contributed by atoms with E-state index >= 15 is 0 Å². The molecule has 0 bridgehead atoms. The molecule has 28 heavy (non-hydrogen) atoms. The highest BCUT2D eigenvalue weighted by Gasteiger charge is 2.14. The first kappa shape index (κ1) is 19.1. The molecular formula is C20H10Cl4N2O2. The van der Waals surface area contributed by atoms with E-state index in [0.29, 0.717) is 53.9 Å². The number of carbonyl (C=O) groups is 1. The van der Waals surface area contributed by atoms with E-state index in [4.69, 9.17) is 50.8 Å². The summed E-state index contributed by atoms with van der Waals surface area (Å²) in [5.41, 5.74) is 2.67. The van der Waals surface area contributed by atoms with Crippen LogP contribution in [-0.4, -0.2) is 10.9 Å². The average molecular weight is 452 g/mol. The summed E-state index contributed by atoms with van der Waals surface area (Å²) < 4.78 is 5.76. The van der Waals surface area contributed by atoms with Crippen molar-refractivity contribution in [3.05, 3.63) is 80.3 Å². The number of carbonyl (C=O) groups excluding carboxylic acids is 1. The lowest BCUT2D eigenvalue weighted by Gasteiger charge is -2.09. The van der Waals surface area contributed by atoms with Gasteiger partial charge in [-0.3, -0.25) is 4.79 Å². The molecule has 1 aromatic heterocycles. The van der Waals surface area contributed by atoms with Crippen molar-refractivity contribution in [3.8, 4) is 11.5 Å². The molecule has 0 fully saturated rings. The van der Waals surface area contributed by atoms with Crippen LogP contribution >= 0.6 is 46.4 Å². The van der Waals surface area contributed by atoms with Crippen molar-refractivity contribution in [2.75, 3.05) is 5.32 Å². The number of amides is 1. The van der Waals surface area contributed by atoms with Crippen LogP contribution in [0.4, 0.5) is 5.69 Å². The second kappa shape index (κ2) is 7.64. The van der Waals surface area contributed by atoms with E-state index in [1.165, 1.54) is 6.07 Å². The number of aromatic nitrogens is 1. The van der Waals surface area contributed by atoms with Crippen LogP contribution in [0.25, 0.3) is 22.6 Å². The molecule has 0 aliphatic rings. The van der Waals surface area contributed by atoms with Gasteiger partial charge >= 0.3 is 0 Å². The summed E-state index contributed by atoms with van der Waals surface area (Å²) in [6, 6.07) is 14.9. The molecule has 4 nitrogen and oxygen atoms in total. The van der Waals surface area contributed by atoms with Gasteiger partial charge in [0.2, 0.25) is 5.89 Å². The number of anilines is 1. The maximum Gasteiger partial charge on any atom is 0.255 e. The number of benzene rings is 3. The van der Waals surface area contributed by atoms with Crippen LogP contribution in [0.5, 0.6) is 0 Å². The number of nitrogens with one attached hydrogen (secondary N) is 1. The molecule has 0 atom stereocenters. The van der Waals surface area contributed by atoms with Gasteiger partial charge in [-0.05, 0) is 54.6 Å². The molecule has 140 valence electrons. The zero-order valence-electron chi connectivity index (χ0n) is 14.0. The first-order chi connectivity index (χ1) is 13.4. The van der Waals surface area contributed by atoms with Crippen molar-refractivity contribution in [2.45, 2.75) is 0 Å². The van der Waals surface area contributed by atoms with Crippen molar-refractivity contribution in [2.24, 2.45) is 0 Å². The Morgan fingerprint density at radius 3 is 2.43 bits per heavy atom. The van der Waals surface area contributed by atoms with E-state index in [-0.39, 0.29) is 5.91 Å². The Bertz CT molecular complexity index is 1220. The van der Waals surface area contributed by atoms with E-state index in [1.807, 2.05) is 0 Å². The second-order valence-electron chi connectivity index (χ2n) is 5.91. The number of hydrogen-bond acceptors (Lipinski definition) is 3. The van der Waals surface area contributed by atoms with Crippen LogP contribution in [-0.2, 0) is 0 Å². The predicted molar refractivity (Wildman–Crippen MR) is 114 cm³/mol. The summed E-state index contributed by atoms with van der Waals surface area (Å²) in [4.78, 5) is 17.0. The van der Waals surface area contributed by atoms with E-state index in [0.717, 1.165) is 0 Å². The Balaban J connectivity index is 1.66. The second-order valence-corrected chi connectivity index (χ2v) is 7.57. The van der Waals surface area contributed by atoms with Gasteiger partial charge in [-0.1, -0.05) is 46.4 Å². The standard InChI is InChI=1S/C20H10Cl4N2O2/c21-12-3-6-18-17(9-12)26-20(28-18)11-2-5-14(23)16(8-11)25-19(27)10-1-4-13(22)15(24)7-10/h1-9H,(H,25,27). The fourth-order valence-corrected chi connectivity index (χ4v) is 3.24. The normalized spacial score (nSPS) is 11.0. The fraction of sp³-hybridized carbons (Fsp3) is 0. The third-order valence-corrected chi connectivity index (χ3v) is 5.30. The maximum absolute atomic E-state index is 12.5. The van der Waals surface area contributed by atoms with E-state index in [9.17, 15) is 4.79 Å². The lowest BCUT2D eigenvalue weighted by atomic mass is 10.1. The molecule has 8 heteroatoms. The average Bonchev–Trinajstić information content (AvgIpc) is 3.08. The SMILES string of the molecule is O=C(Nc1cc(-c2nc3cc(Cl)ccc3o2)ccc1Cl)c1ccc(Cl)c(Cl)c1. The summed E-state index contributed by atoms with van der Waals surface area (Å²) in [6.45, 7) is 0. The number of rotatable bonds is 3. The van der Waals surface area contributed by atoms with Gasteiger partial charge in [-0.25, -0.2) is 4.98 Å². The molecular weight excluding hydrogens is 442 g/mol. The molecule has 4 rings (SSSR count). The molecule has 4 aromatic rings. The Morgan fingerprint density at radius 2 is 1.64 bits per heavy atom. The van der Waals surface area contributed by atoms with Crippen LogP contribution in [0.3, 0.4) is 0 Å². The summed E-state index contributed by atoms with van der Waals surface area (Å²) in [6.07, 6.45) is 0. The van der Waals surface area contributed by atoms with Gasteiger partial charge in [0.25, 0.3) is 5.91 Å². The summed E-state index contributed by atoms with van der Waals surface area (Å²) >= 11 is 24.1. The monoisotopic (exact) mass is 450 g/mol. The smallest absolute Gasteiger partial charge is 0.255 e. The maximum atomic E-state index is 12.5. The minimum absolute atomic E-state index is 0.291. The van der Waals surface area contributed by atoms with Crippen LogP contribution in [0.1, 0.15) is 10.4 Å². The number of hydrogen-bond donors (Lipinski definition) is 1. The van der Waals surface area contributed by atoms with Gasteiger partial charge in [0.15, 0.2) is 5.58 Å². The third kappa shape index (κ3) is 3.82. The molecule has 0 aliphatic carbocycles. The largest absolute Gasteiger partial charge is 0.436 e. The van der Waals surface area contributed by atoms with Crippen molar-refractivity contribution in [1.29, 1.82) is 0 Å². The van der Waals surface area contributed by atoms with Crippen LogP contribution < -0.4 is 5.32 Å². The summed E-state index contributed by atoms with van der Waals surface area (Å²) in [7, 11) is 0. The van der Waals surface area contributed by atoms with Crippen molar-refractivity contribution in [3.63, 3.8) is 0 Å². The van der Waals surface area contributed by atoms with Crippen LogP contribution in [0.15, 0.2) is 59.0 Å². The van der Waals surface area contributed by atoms with E-state index in [2.05, 4.69) is 10.3 Å². The highest BCUT2D eigenvalue weighted by Crippen LogP contribution is 2.32. The lowest BCUT2D eigenvalue weighted by Crippen LogP contribution is -2.12. The molecule has 0 saturated heterocycles. The Labute approximate surface area is 180 Å². The first-order valence-electron chi connectivity index (χ1n) is 8.03. The minimum atomic E-state index is -0.373. The Hall–Kier alpha value is -2.24. The Kier molecular flexibility index (Phi) is 5.21. The van der Waals surface area contributed by atoms with Gasteiger partial charge in [0.1, 0.15) is 5.52 Å². The molecule has 3 aromatic carbocycles. The molecule has 0 spiro atoms. The zero-order chi connectivity index (χ0) is 19.8.